The molecule has 1 aromatic heterocycles. The summed E-state index contributed by atoms with van der Waals surface area (Å²) < 4.78 is 0. The van der Waals surface area contributed by atoms with Gasteiger partial charge in [0.25, 0.3) is 0 Å². The van der Waals surface area contributed by atoms with Crippen LogP contribution in [0.3, 0.4) is 0 Å². The van der Waals surface area contributed by atoms with E-state index in [1.165, 1.54) is 0 Å². The first kappa shape index (κ1) is 12.6. The number of benzene rings is 1. The monoisotopic (exact) mass is 282 g/mol. The zero-order valence-corrected chi connectivity index (χ0v) is 11.8. The average molecular weight is 282 g/mol. The molecule has 2 aliphatic rings. The van der Waals surface area contributed by atoms with Crippen LogP contribution < -0.4 is 4.90 Å². The quantitative estimate of drug-likeness (QED) is 0.874. The second kappa shape index (κ2) is 4.72. The molecule has 1 aromatic carbocycles. The van der Waals surface area contributed by atoms with E-state index in [-0.39, 0.29) is 12.0 Å². The Balaban J connectivity index is 1.87. The molecule has 3 heterocycles. The second-order valence-electron chi connectivity index (χ2n) is 6.07. The van der Waals surface area contributed by atoms with Gasteiger partial charge in [-0.25, -0.2) is 4.98 Å². The smallest absolute Gasteiger partial charge is 0.308 e. The minimum absolute atomic E-state index is 0.109. The Bertz CT molecular complexity index is 713. The molecule has 1 N–H and O–H groups in total. The van der Waals surface area contributed by atoms with Crippen LogP contribution in [-0.4, -0.2) is 28.6 Å². The molecule has 21 heavy (non-hydrogen) atoms. The minimum Gasteiger partial charge on any atom is -0.481 e. The molecular weight excluding hydrogens is 264 g/mol. The molecule has 1 saturated heterocycles. The summed E-state index contributed by atoms with van der Waals surface area (Å²) in [5.74, 6) is 0.0300. The van der Waals surface area contributed by atoms with Gasteiger partial charge in [-0.3, -0.25) is 4.79 Å². The van der Waals surface area contributed by atoms with Crippen molar-refractivity contribution in [2.24, 2.45) is 5.92 Å². The van der Waals surface area contributed by atoms with Gasteiger partial charge >= 0.3 is 5.97 Å². The Hall–Kier alpha value is -2.10. The van der Waals surface area contributed by atoms with Crippen molar-refractivity contribution < 1.29 is 9.90 Å². The average Bonchev–Trinajstić information content (AvgIpc) is 2.52. The van der Waals surface area contributed by atoms with Gasteiger partial charge < -0.3 is 10.0 Å². The molecular formula is C17H18N2O2. The van der Waals surface area contributed by atoms with Crippen LogP contribution in [-0.2, 0) is 11.2 Å². The van der Waals surface area contributed by atoms with Gasteiger partial charge in [0.05, 0.1) is 11.4 Å². The van der Waals surface area contributed by atoms with Crippen molar-refractivity contribution in [3.8, 4) is 0 Å². The topological polar surface area (TPSA) is 53.4 Å². The largest absolute Gasteiger partial charge is 0.481 e. The molecule has 2 unspecified atom stereocenters. The number of anilines is 1. The first-order valence-electron chi connectivity index (χ1n) is 7.62. The van der Waals surface area contributed by atoms with Crippen LogP contribution in [0.25, 0.3) is 10.9 Å². The summed E-state index contributed by atoms with van der Waals surface area (Å²) in [5.41, 5.74) is 2.08. The number of pyridine rings is 1. The number of aliphatic carboxylic acids is 1. The molecule has 4 rings (SSSR count). The van der Waals surface area contributed by atoms with Crippen LogP contribution in [0.2, 0.25) is 0 Å². The number of hydrogen-bond acceptors (Lipinski definition) is 3. The molecule has 2 aromatic rings. The minimum atomic E-state index is -0.675. The van der Waals surface area contributed by atoms with E-state index in [1.807, 2.05) is 24.3 Å². The lowest BCUT2D eigenvalue weighted by atomic mass is 9.82. The van der Waals surface area contributed by atoms with Crippen molar-refractivity contribution in [3.05, 3.63) is 35.9 Å². The molecule has 4 heteroatoms. The van der Waals surface area contributed by atoms with Crippen LogP contribution >= 0.6 is 0 Å². The summed E-state index contributed by atoms with van der Waals surface area (Å²) in [6.07, 6.45) is 3.80. The Kier molecular flexibility index (Phi) is 2.84. The fourth-order valence-electron chi connectivity index (χ4n) is 3.81. The number of nitrogens with zero attached hydrogens (tertiary/aromatic N) is 2. The van der Waals surface area contributed by atoms with Gasteiger partial charge in [-0.2, -0.15) is 0 Å². The number of carbonyl (C=O) groups is 1. The maximum absolute atomic E-state index is 11.6. The van der Waals surface area contributed by atoms with Gasteiger partial charge in [0.15, 0.2) is 0 Å². The highest BCUT2D eigenvalue weighted by Crippen LogP contribution is 2.38. The van der Waals surface area contributed by atoms with Crippen LogP contribution in [0.15, 0.2) is 30.3 Å². The molecule has 2 atom stereocenters. The van der Waals surface area contributed by atoms with E-state index < -0.39 is 5.97 Å². The summed E-state index contributed by atoms with van der Waals surface area (Å²) in [4.78, 5) is 18.7. The Morgan fingerprint density at radius 2 is 2.14 bits per heavy atom. The SMILES string of the molecule is O=C(O)C1Cc2cc3ccccc3nc2N2CCCCC12. The van der Waals surface area contributed by atoms with Crippen LogP contribution in [0.1, 0.15) is 24.8 Å². The number of rotatable bonds is 1. The number of fused-ring (bicyclic) bond motifs is 4. The maximum atomic E-state index is 11.6. The molecule has 0 spiro atoms. The highest BCUT2D eigenvalue weighted by atomic mass is 16.4. The van der Waals surface area contributed by atoms with Gasteiger partial charge in [-0.15, -0.1) is 0 Å². The van der Waals surface area contributed by atoms with Crippen LogP contribution in [0, 0.1) is 5.92 Å². The third-order valence-corrected chi connectivity index (χ3v) is 4.82. The van der Waals surface area contributed by atoms with Crippen molar-refractivity contribution >= 4 is 22.7 Å². The van der Waals surface area contributed by atoms with Crippen molar-refractivity contribution in [1.29, 1.82) is 0 Å². The molecule has 1 fully saturated rings. The molecule has 2 aliphatic heterocycles. The molecule has 4 nitrogen and oxygen atoms in total. The molecule has 0 radical (unpaired) electrons. The van der Waals surface area contributed by atoms with E-state index in [4.69, 9.17) is 4.98 Å². The van der Waals surface area contributed by atoms with Crippen molar-refractivity contribution in [3.63, 3.8) is 0 Å². The zero-order valence-electron chi connectivity index (χ0n) is 11.8. The Labute approximate surface area is 123 Å². The van der Waals surface area contributed by atoms with Gasteiger partial charge in [-0.05, 0) is 43.4 Å². The summed E-state index contributed by atoms with van der Waals surface area (Å²) in [5, 5.41) is 10.7. The van der Waals surface area contributed by atoms with E-state index in [2.05, 4.69) is 11.0 Å². The molecule has 0 aliphatic carbocycles. The number of hydrogen-bond donors (Lipinski definition) is 1. The number of carboxylic acid groups (broad SMARTS) is 1. The number of carboxylic acids is 1. The third-order valence-electron chi connectivity index (χ3n) is 4.82. The summed E-state index contributed by atoms with van der Waals surface area (Å²) >= 11 is 0. The zero-order chi connectivity index (χ0) is 14.4. The lowest BCUT2D eigenvalue weighted by molar-refractivity contribution is -0.142. The molecule has 0 saturated carbocycles. The van der Waals surface area contributed by atoms with Crippen molar-refractivity contribution in [2.75, 3.05) is 11.4 Å². The van der Waals surface area contributed by atoms with E-state index >= 15 is 0 Å². The highest BCUT2D eigenvalue weighted by Gasteiger charge is 2.40. The van der Waals surface area contributed by atoms with E-state index in [9.17, 15) is 9.90 Å². The van der Waals surface area contributed by atoms with Gasteiger partial charge in [-0.1, -0.05) is 18.2 Å². The predicted molar refractivity (Wildman–Crippen MR) is 81.6 cm³/mol. The summed E-state index contributed by atoms with van der Waals surface area (Å²) in [6, 6.07) is 10.3. The predicted octanol–water partition coefficient (Wildman–Crippen LogP) is 2.85. The highest BCUT2D eigenvalue weighted by molar-refractivity contribution is 5.83. The Morgan fingerprint density at radius 3 is 3.00 bits per heavy atom. The third kappa shape index (κ3) is 1.97. The fraction of sp³-hybridized carbons (Fsp3) is 0.412. The number of piperidine rings is 1. The standard InChI is InChI=1S/C17H18N2O2/c20-17(21)13-10-12-9-11-5-1-2-6-14(11)18-16(12)19-8-4-3-7-15(13)19/h1-2,5-6,9,13,15H,3-4,7-8,10H2,(H,20,21). The normalized spacial score (nSPS) is 24.5. The Morgan fingerprint density at radius 1 is 1.29 bits per heavy atom. The summed E-state index contributed by atoms with van der Waals surface area (Å²) in [7, 11) is 0. The van der Waals surface area contributed by atoms with Crippen LogP contribution in [0.5, 0.6) is 0 Å². The summed E-state index contributed by atoms with van der Waals surface area (Å²) in [6.45, 7) is 0.923. The maximum Gasteiger partial charge on any atom is 0.308 e. The van der Waals surface area contributed by atoms with Crippen molar-refractivity contribution in [2.45, 2.75) is 31.7 Å². The van der Waals surface area contributed by atoms with E-state index in [0.717, 1.165) is 48.1 Å². The van der Waals surface area contributed by atoms with Gasteiger partial charge in [0.2, 0.25) is 0 Å². The molecule has 0 bridgehead atoms. The van der Waals surface area contributed by atoms with E-state index in [0.29, 0.717) is 6.42 Å². The van der Waals surface area contributed by atoms with Gasteiger partial charge in [0.1, 0.15) is 5.82 Å². The molecule has 0 amide bonds. The van der Waals surface area contributed by atoms with Crippen molar-refractivity contribution in [1.82, 2.24) is 4.98 Å². The lowest BCUT2D eigenvalue weighted by Crippen LogP contribution is -2.51. The first-order valence-corrected chi connectivity index (χ1v) is 7.62. The van der Waals surface area contributed by atoms with E-state index in [1.54, 1.807) is 0 Å². The number of aromatic nitrogens is 1. The second-order valence-corrected chi connectivity index (χ2v) is 6.07. The first-order chi connectivity index (χ1) is 10.2. The van der Waals surface area contributed by atoms with Gasteiger partial charge in [0, 0.05) is 18.0 Å². The fourth-order valence-corrected chi connectivity index (χ4v) is 3.81. The number of para-hydroxylation sites is 1. The lowest BCUT2D eigenvalue weighted by Gasteiger charge is -2.44. The van der Waals surface area contributed by atoms with Crippen LogP contribution in [0.4, 0.5) is 5.82 Å². The molecule has 108 valence electrons.